The Balaban J connectivity index is 2.17. The molecule has 1 aromatic heterocycles. The number of nitrogens with two attached hydrogens (primary N) is 1. The molecule has 1 fully saturated rings. The molecule has 16 heavy (non-hydrogen) atoms. The lowest BCUT2D eigenvalue weighted by Crippen LogP contribution is -2.32. The lowest BCUT2D eigenvalue weighted by Gasteiger charge is -2.29. The fourth-order valence-corrected chi connectivity index (χ4v) is 2.05. The first-order chi connectivity index (χ1) is 7.58. The number of likely N-dealkylation sites (tertiary alicyclic amines) is 1. The molecule has 0 unspecified atom stereocenters. The van der Waals surface area contributed by atoms with E-state index in [1.54, 1.807) is 4.68 Å². The second-order valence-electron chi connectivity index (χ2n) is 4.24. The zero-order chi connectivity index (χ0) is 11.7. The summed E-state index contributed by atoms with van der Waals surface area (Å²) in [6, 6.07) is 1.64. The molecule has 2 heterocycles. The molecule has 1 aliphatic rings. The van der Waals surface area contributed by atoms with Crippen LogP contribution in [0.3, 0.4) is 0 Å². The van der Waals surface area contributed by atoms with Gasteiger partial charge in [0.05, 0.1) is 6.04 Å². The molecule has 88 valence electrons. The molecule has 1 saturated heterocycles. The zero-order valence-corrected chi connectivity index (χ0v) is 9.26. The number of rotatable bonds is 2. The zero-order valence-electron chi connectivity index (χ0n) is 9.26. The molecular formula is C10H16N4O2. The number of hydrogen-bond acceptors (Lipinski definition) is 4. The minimum Gasteiger partial charge on any atom is -0.476 e. The third-order valence-corrected chi connectivity index (χ3v) is 3.02. The molecule has 0 spiro atoms. The summed E-state index contributed by atoms with van der Waals surface area (Å²) in [4.78, 5) is 13.0. The summed E-state index contributed by atoms with van der Waals surface area (Å²) >= 11 is 0. The molecule has 3 N–H and O–H groups in total. The van der Waals surface area contributed by atoms with E-state index in [4.69, 9.17) is 10.8 Å². The Morgan fingerprint density at radius 1 is 1.56 bits per heavy atom. The van der Waals surface area contributed by atoms with Gasteiger partial charge >= 0.3 is 5.97 Å². The van der Waals surface area contributed by atoms with Crippen LogP contribution in [-0.2, 0) is 0 Å². The van der Waals surface area contributed by atoms with E-state index in [0.29, 0.717) is 5.82 Å². The Bertz CT molecular complexity index is 394. The molecule has 2 rings (SSSR count). The molecular weight excluding hydrogens is 208 g/mol. The fraction of sp³-hybridized carbons (Fsp3) is 0.600. The number of carboxylic acid groups (broad SMARTS) is 1. The third kappa shape index (κ3) is 2.01. The molecule has 1 aliphatic heterocycles. The topological polar surface area (TPSA) is 84.4 Å². The van der Waals surface area contributed by atoms with E-state index in [1.807, 2.05) is 0 Å². The van der Waals surface area contributed by atoms with E-state index in [-0.39, 0.29) is 11.7 Å². The van der Waals surface area contributed by atoms with E-state index in [1.165, 1.54) is 6.07 Å². The molecule has 0 saturated carbocycles. The van der Waals surface area contributed by atoms with Gasteiger partial charge < -0.3 is 15.7 Å². The Kier molecular flexibility index (Phi) is 2.82. The number of aromatic carboxylic acids is 1. The summed E-state index contributed by atoms with van der Waals surface area (Å²) in [7, 11) is 2.07. The maximum Gasteiger partial charge on any atom is 0.356 e. The summed E-state index contributed by atoms with van der Waals surface area (Å²) in [6.07, 6.45) is 1.92. The Morgan fingerprint density at radius 3 is 2.69 bits per heavy atom. The van der Waals surface area contributed by atoms with Gasteiger partial charge in [0.15, 0.2) is 5.69 Å². The van der Waals surface area contributed by atoms with E-state index >= 15 is 0 Å². The lowest BCUT2D eigenvalue weighted by atomic mass is 10.1. The minimum atomic E-state index is -1.03. The van der Waals surface area contributed by atoms with Crippen molar-refractivity contribution < 1.29 is 9.90 Å². The van der Waals surface area contributed by atoms with Crippen molar-refractivity contribution in [3.63, 3.8) is 0 Å². The summed E-state index contributed by atoms with van der Waals surface area (Å²) in [5, 5.41) is 12.9. The lowest BCUT2D eigenvalue weighted by molar-refractivity contribution is 0.0688. The van der Waals surface area contributed by atoms with Crippen molar-refractivity contribution in [1.82, 2.24) is 14.7 Å². The van der Waals surface area contributed by atoms with Gasteiger partial charge in [-0.1, -0.05) is 0 Å². The summed E-state index contributed by atoms with van der Waals surface area (Å²) < 4.78 is 1.65. The number of nitrogen functional groups attached to an aromatic ring is 1. The van der Waals surface area contributed by atoms with Gasteiger partial charge in [0.2, 0.25) is 0 Å². The predicted molar refractivity (Wildman–Crippen MR) is 59.4 cm³/mol. The Labute approximate surface area is 93.6 Å². The molecule has 6 nitrogen and oxygen atoms in total. The summed E-state index contributed by atoms with van der Waals surface area (Å²) in [5.74, 6) is -0.592. The maximum atomic E-state index is 10.8. The number of carboxylic acids is 1. The van der Waals surface area contributed by atoms with E-state index in [0.717, 1.165) is 25.9 Å². The molecule has 6 heteroatoms. The van der Waals surface area contributed by atoms with Crippen molar-refractivity contribution >= 4 is 11.8 Å². The smallest absolute Gasteiger partial charge is 0.356 e. The second-order valence-corrected chi connectivity index (χ2v) is 4.24. The van der Waals surface area contributed by atoms with Gasteiger partial charge in [0.1, 0.15) is 5.82 Å². The highest BCUT2D eigenvalue weighted by molar-refractivity contribution is 5.86. The van der Waals surface area contributed by atoms with Crippen LogP contribution in [-0.4, -0.2) is 45.9 Å². The van der Waals surface area contributed by atoms with Crippen molar-refractivity contribution in [3.05, 3.63) is 11.8 Å². The molecule has 1 aromatic rings. The highest BCUT2D eigenvalue weighted by atomic mass is 16.4. The standard InChI is InChI=1S/C10H16N4O2/c1-13-4-2-7(3-5-13)14-9(11)6-8(12-14)10(15)16/h6-7H,2-5,11H2,1H3,(H,15,16). The molecule has 0 bridgehead atoms. The van der Waals surface area contributed by atoms with Crippen LogP contribution in [0.1, 0.15) is 29.4 Å². The number of aromatic nitrogens is 2. The van der Waals surface area contributed by atoms with Crippen LogP contribution >= 0.6 is 0 Å². The highest BCUT2D eigenvalue weighted by Gasteiger charge is 2.22. The third-order valence-electron chi connectivity index (χ3n) is 3.02. The van der Waals surface area contributed by atoms with Gasteiger partial charge in [-0.05, 0) is 33.0 Å². The fourth-order valence-electron chi connectivity index (χ4n) is 2.05. The monoisotopic (exact) mass is 224 g/mol. The molecule has 0 radical (unpaired) electrons. The van der Waals surface area contributed by atoms with Gasteiger partial charge in [-0.2, -0.15) is 5.10 Å². The Hall–Kier alpha value is -1.56. The summed E-state index contributed by atoms with van der Waals surface area (Å²) in [5.41, 5.74) is 5.79. The van der Waals surface area contributed by atoms with Crippen LogP contribution in [0.2, 0.25) is 0 Å². The SMILES string of the molecule is CN1CCC(n2nc(C(=O)O)cc2N)CC1. The van der Waals surface area contributed by atoms with E-state index < -0.39 is 5.97 Å². The quantitative estimate of drug-likeness (QED) is 0.761. The first-order valence-corrected chi connectivity index (χ1v) is 5.35. The average molecular weight is 224 g/mol. The highest BCUT2D eigenvalue weighted by Crippen LogP contribution is 2.24. The van der Waals surface area contributed by atoms with Crippen LogP contribution in [0.4, 0.5) is 5.82 Å². The van der Waals surface area contributed by atoms with Crippen LogP contribution in [0.25, 0.3) is 0 Å². The van der Waals surface area contributed by atoms with Gasteiger partial charge in [-0.25, -0.2) is 9.48 Å². The van der Waals surface area contributed by atoms with Gasteiger partial charge in [0.25, 0.3) is 0 Å². The first-order valence-electron chi connectivity index (χ1n) is 5.35. The van der Waals surface area contributed by atoms with Crippen molar-refractivity contribution in [3.8, 4) is 0 Å². The van der Waals surface area contributed by atoms with E-state index in [9.17, 15) is 4.79 Å². The predicted octanol–water partition coefficient (Wildman–Crippen LogP) is 0.430. The number of anilines is 1. The maximum absolute atomic E-state index is 10.8. The molecule has 0 atom stereocenters. The number of nitrogens with zero attached hydrogens (tertiary/aromatic N) is 3. The van der Waals surface area contributed by atoms with Gasteiger partial charge in [-0.3, -0.25) is 0 Å². The van der Waals surface area contributed by atoms with E-state index in [2.05, 4.69) is 17.0 Å². The minimum absolute atomic E-state index is 0.0245. The van der Waals surface area contributed by atoms with Crippen LogP contribution in [0.5, 0.6) is 0 Å². The largest absolute Gasteiger partial charge is 0.476 e. The number of piperidine rings is 1. The van der Waals surface area contributed by atoms with Gasteiger partial charge in [-0.15, -0.1) is 0 Å². The van der Waals surface area contributed by atoms with Crippen molar-refractivity contribution in [2.45, 2.75) is 18.9 Å². The number of carbonyl (C=O) groups is 1. The van der Waals surface area contributed by atoms with Crippen molar-refractivity contribution in [1.29, 1.82) is 0 Å². The van der Waals surface area contributed by atoms with Crippen LogP contribution in [0.15, 0.2) is 6.07 Å². The summed E-state index contributed by atoms with van der Waals surface area (Å²) in [6.45, 7) is 1.98. The first kappa shape index (κ1) is 10.9. The Morgan fingerprint density at radius 2 is 2.19 bits per heavy atom. The molecule has 0 aromatic carbocycles. The van der Waals surface area contributed by atoms with Crippen molar-refractivity contribution in [2.24, 2.45) is 0 Å². The van der Waals surface area contributed by atoms with Crippen molar-refractivity contribution in [2.75, 3.05) is 25.9 Å². The van der Waals surface area contributed by atoms with Gasteiger partial charge in [0, 0.05) is 6.07 Å². The van der Waals surface area contributed by atoms with Crippen LogP contribution < -0.4 is 5.73 Å². The molecule has 0 amide bonds. The average Bonchev–Trinajstić information content (AvgIpc) is 2.62. The number of hydrogen-bond donors (Lipinski definition) is 2. The normalized spacial score (nSPS) is 18.8. The second kappa shape index (κ2) is 4.13. The molecule has 0 aliphatic carbocycles. The van der Waals surface area contributed by atoms with Crippen LogP contribution in [0, 0.1) is 0 Å².